The summed E-state index contributed by atoms with van der Waals surface area (Å²) in [4.78, 5) is 2.94. The van der Waals surface area contributed by atoms with Gasteiger partial charge in [-0.25, -0.2) is 8.78 Å². The van der Waals surface area contributed by atoms with E-state index in [4.69, 9.17) is 0 Å². The molecule has 0 saturated carbocycles. The standard InChI is InChI=1S/C9H10BrF2NS/c10-8-2-1-7(14-8)5-13-4-3-9(11,12)6-13/h1-2H,3-6H2. The zero-order valence-corrected chi connectivity index (χ0v) is 9.87. The molecule has 1 fully saturated rings. The van der Waals surface area contributed by atoms with Crippen molar-refractivity contribution < 1.29 is 8.78 Å². The van der Waals surface area contributed by atoms with Gasteiger partial charge in [0.05, 0.1) is 10.3 Å². The van der Waals surface area contributed by atoms with E-state index in [9.17, 15) is 8.78 Å². The van der Waals surface area contributed by atoms with Crippen molar-refractivity contribution in [2.45, 2.75) is 18.9 Å². The number of hydrogen-bond acceptors (Lipinski definition) is 2. The zero-order valence-electron chi connectivity index (χ0n) is 7.47. The van der Waals surface area contributed by atoms with Gasteiger partial charge in [0.1, 0.15) is 0 Å². The van der Waals surface area contributed by atoms with Gasteiger partial charge in [-0.1, -0.05) is 0 Å². The Morgan fingerprint density at radius 1 is 1.50 bits per heavy atom. The molecule has 0 bridgehead atoms. The van der Waals surface area contributed by atoms with Crippen molar-refractivity contribution in [1.29, 1.82) is 0 Å². The van der Waals surface area contributed by atoms with E-state index in [0.29, 0.717) is 13.1 Å². The summed E-state index contributed by atoms with van der Waals surface area (Å²) in [6, 6.07) is 3.93. The summed E-state index contributed by atoms with van der Waals surface area (Å²) in [5.41, 5.74) is 0. The summed E-state index contributed by atoms with van der Waals surface area (Å²) in [5.74, 6) is -2.48. The average Bonchev–Trinajstić information content (AvgIpc) is 2.59. The van der Waals surface area contributed by atoms with E-state index in [2.05, 4.69) is 15.9 Å². The first kappa shape index (κ1) is 10.5. The molecule has 0 aromatic carbocycles. The van der Waals surface area contributed by atoms with Crippen molar-refractivity contribution in [1.82, 2.24) is 4.90 Å². The highest BCUT2D eigenvalue weighted by Gasteiger charge is 2.37. The first-order chi connectivity index (χ1) is 6.55. The summed E-state index contributed by atoms with van der Waals surface area (Å²) in [7, 11) is 0. The van der Waals surface area contributed by atoms with E-state index in [1.807, 2.05) is 12.1 Å². The van der Waals surface area contributed by atoms with Crippen molar-refractivity contribution in [2.24, 2.45) is 0 Å². The quantitative estimate of drug-likeness (QED) is 0.804. The summed E-state index contributed by atoms with van der Waals surface area (Å²) >= 11 is 4.96. The number of rotatable bonds is 2. The Kier molecular flexibility index (Phi) is 2.91. The second-order valence-corrected chi connectivity index (χ2v) is 6.07. The van der Waals surface area contributed by atoms with Gasteiger partial charge >= 0.3 is 0 Å². The fraction of sp³-hybridized carbons (Fsp3) is 0.556. The number of alkyl halides is 2. The Labute approximate surface area is 93.8 Å². The number of hydrogen-bond donors (Lipinski definition) is 0. The van der Waals surface area contributed by atoms with E-state index in [-0.39, 0.29) is 13.0 Å². The Morgan fingerprint density at radius 2 is 2.29 bits per heavy atom. The molecule has 2 rings (SSSR count). The number of likely N-dealkylation sites (tertiary alicyclic amines) is 1. The molecule has 0 N–H and O–H groups in total. The molecule has 1 nitrogen and oxygen atoms in total. The fourth-order valence-corrected chi connectivity index (χ4v) is 3.12. The molecule has 0 unspecified atom stereocenters. The minimum absolute atomic E-state index is 0.000452. The van der Waals surface area contributed by atoms with Crippen LogP contribution in [0.1, 0.15) is 11.3 Å². The SMILES string of the molecule is FC1(F)CCN(Cc2ccc(Br)s2)C1. The van der Waals surface area contributed by atoms with Crippen molar-refractivity contribution in [3.8, 4) is 0 Å². The number of thiophene rings is 1. The second-order valence-electron chi connectivity index (χ2n) is 3.52. The van der Waals surface area contributed by atoms with Crippen LogP contribution in [0.25, 0.3) is 0 Å². The van der Waals surface area contributed by atoms with E-state index >= 15 is 0 Å². The third-order valence-electron chi connectivity index (χ3n) is 2.26. The first-order valence-electron chi connectivity index (χ1n) is 4.40. The minimum atomic E-state index is -2.48. The summed E-state index contributed by atoms with van der Waals surface area (Å²) in [5, 5.41) is 0. The topological polar surface area (TPSA) is 3.24 Å². The van der Waals surface area contributed by atoms with Crippen LogP contribution in [0.2, 0.25) is 0 Å². The van der Waals surface area contributed by atoms with Crippen molar-refractivity contribution >= 4 is 27.3 Å². The molecule has 1 aromatic rings. The molecule has 1 aromatic heterocycles. The minimum Gasteiger partial charge on any atom is -0.292 e. The summed E-state index contributed by atoms with van der Waals surface area (Å²) in [6.07, 6.45) is -0.000452. The van der Waals surface area contributed by atoms with Crippen LogP contribution in [-0.2, 0) is 6.54 Å². The van der Waals surface area contributed by atoms with Gasteiger partial charge < -0.3 is 0 Å². The number of halogens is 3. The Bertz CT molecular complexity index is 326. The molecule has 14 heavy (non-hydrogen) atoms. The second kappa shape index (κ2) is 3.87. The van der Waals surface area contributed by atoms with Gasteiger partial charge in [-0.05, 0) is 28.1 Å². The van der Waals surface area contributed by atoms with Crippen LogP contribution in [0.3, 0.4) is 0 Å². The molecule has 0 radical (unpaired) electrons. The molecule has 5 heteroatoms. The predicted molar refractivity (Wildman–Crippen MR) is 56.9 cm³/mol. The van der Waals surface area contributed by atoms with Gasteiger partial charge in [-0.15, -0.1) is 11.3 Å². The highest BCUT2D eigenvalue weighted by Crippen LogP contribution is 2.30. The van der Waals surface area contributed by atoms with Crippen LogP contribution < -0.4 is 0 Å². The molecule has 1 saturated heterocycles. The predicted octanol–water partition coefficient (Wildman–Crippen LogP) is 3.35. The Balaban J connectivity index is 1.94. The van der Waals surface area contributed by atoms with Crippen LogP contribution in [0.4, 0.5) is 8.78 Å². The molecular weight excluding hydrogens is 272 g/mol. The smallest absolute Gasteiger partial charge is 0.261 e. The normalized spacial score (nSPS) is 21.6. The lowest BCUT2D eigenvalue weighted by atomic mass is 10.3. The Hall–Kier alpha value is -0.0000000000000000833. The van der Waals surface area contributed by atoms with E-state index in [1.165, 1.54) is 0 Å². The van der Waals surface area contributed by atoms with E-state index in [0.717, 1.165) is 8.66 Å². The maximum atomic E-state index is 12.9. The highest BCUT2D eigenvalue weighted by atomic mass is 79.9. The van der Waals surface area contributed by atoms with Crippen LogP contribution in [0.15, 0.2) is 15.9 Å². The van der Waals surface area contributed by atoms with Crippen LogP contribution in [-0.4, -0.2) is 23.9 Å². The molecule has 1 aliphatic rings. The lowest BCUT2D eigenvalue weighted by Gasteiger charge is -2.13. The lowest BCUT2D eigenvalue weighted by molar-refractivity contribution is 0.0116. The Morgan fingerprint density at radius 3 is 2.79 bits per heavy atom. The van der Waals surface area contributed by atoms with Crippen LogP contribution >= 0.6 is 27.3 Å². The van der Waals surface area contributed by atoms with Gasteiger partial charge in [0, 0.05) is 24.4 Å². The molecule has 0 aliphatic carbocycles. The molecule has 0 atom stereocenters. The lowest BCUT2D eigenvalue weighted by Crippen LogP contribution is -2.24. The van der Waals surface area contributed by atoms with E-state index < -0.39 is 5.92 Å². The summed E-state index contributed by atoms with van der Waals surface area (Å²) < 4.78 is 26.8. The van der Waals surface area contributed by atoms with Gasteiger partial charge in [-0.2, -0.15) is 0 Å². The van der Waals surface area contributed by atoms with Crippen molar-refractivity contribution in [3.63, 3.8) is 0 Å². The molecule has 2 heterocycles. The monoisotopic (exact) mass is 281 g/mol. The van der Waals surface area contributed by atoms with Gasteiger partial charge in [0.15, 0.2) is 0 Å². The average molecular weight is 282 g/mol. The van der Waals surface area contributed by atoms with Crippen molar-refractivity contribution in [3.05, 3.63) is 20.8 Å². The zero-order chi connectivity index (χ0) is 10.2. The third-order valence-corrected chi connectivity index (χ3v) is 3.87. The van der Waals surface area contributed by atoms with Crippen LogP contribution in [0.5, 0.6) is 0 Å². The van der Waals surface area contributed by atoms with Gasteiger partial charge in [0.25, 0.3) is 5.92 Å². The fourth-order valence-electron chi connectivity index (χ4n) is 1.60. The molecule has 0 spiro atoms. The maximum absolute atomic E-state index is 12.9. The van der Waals surface area contributed by atoms with Crippen molar-refractivity contribution in [2.75, 3.05) is 13.1 Å². The third kappa shape index (κ3) is 2.52. The van der Waals surface area contributed by atoms with Gasteiger partial charge in [0.2, 0.25) is 0 Å². The van der Waals surface area contributed by atoms with Gasteiger partial charge in [-0.3, -0.25) is 4.90 Å². The summed E-state index contributed by atoms with van der Waals surface area (Å²) in [6.45, 7) is 1.05. The van der Waals surface area contributed by atoms with Crippen LogP contribution in [0, 0.1) is 0 Å². The molecule has 0 amide bonds. The highest BCUT2D eigenvalue weighted by molar-refractivity contribution is 9.11. The largest absolute Gasteiger partial charge is 0.292 e. The first-order valence-corrected chi connectivity index (χ1v) is 6.00. The van der Waals surface area contributed by atoms with E-state index in [1.54, 1.807) is 16.2 Å². The maximum Gasteiger partial charge on any atom is 0.261 e. The molecular formula is C9H10BrF2NS. The number of nitrogens with zero attached hydrogens (tertiary/aromatic N) is 1. The molecule has 1 aliphatic heterocycles. The molecule has 78 valence electrons.